The molecule has 0 saturated carbocycles. The van der Waals surface area contributed by atoms with E-state index in [4.69, 9.17) is 9.47 Å². The molecule has 2 aliphatic heterocycles. The maximum absolute atomic E-state index is 13.3. The standard InChI is InChI=1S/C22H20N6O5/c1-22(15-4-2-5-16(11-15)28-13-23-25-26-28)20(30)27(21(31)24-22)12-17(29)14-6-7-18-19(10-14)33-9-3-8-32-18/h2,4-7,10-11,13H,3,8-9,12H2,1H3,(H,24,31). The van der Waals surface area contributed by atoms with Crippen LogP contribution in [0.1, 0.15) is 29.3 Å². The Labute approximate surface area is 188 Å². The van der Waals surface area contributed by atoms with Gasteiger partial charge in [-0.3, -0.25) is 14.5 Å². The highest BCUT2D eigenvalue weighted by molar-refractivity contribution is 6.11. The van der Waals surface area contributed by atoms with E-state index in [1.165, 1.54) is 11.0 Å². The fourth-order valence-electron chi connectivity index (χ4n) is 3.85. The van der Waals surface area contributed by atoms with E-state index >= 15 is 0 Å². The number of aromatic nitrogens is 4. The Morgan fingerprint density at radius 3 is 2.73 bits per heavy atom. The lowest BCUT2D eigenvalue weighted by atomic mass is 9.91. The Bertz CT molecular complexity index is 1240. The topological polar surface area (TPSA) is 129 Å². The van der Waals surface area contributed by atoms with Gasteiger partial charge in [-0.15, -0.1) is 5.10 Å². The number of imide groups is 1. The third-order valence-electron chi connectivity index (χ3n) is 5.68. The molecule has 1 fully saturated rings. The van der Waals surface area contributed by atoms with Crippen molar-refractivity contribution < 1.29 is 23.9 Å². The van der Waals surface area contributed by atoms with E-state index in [2.05, 4.69) is 20.8 Å². The predicted molar refractivity (Wildman–Crippen MR) is 113 cm³/mol. The smallest absolute Gasteiger partial charge is 0.325 e. The van der Waals surface area contributed by atoms with E-state index in [9.17, 15) is 14.4 Å². The lowest BCUT2D eigenvalue weighted by molar-refractivity contribution is -0.130. The Balaban J connectivity index is 1.37. The third-order valence-corrected chi connectivity index (χ3v) is 5.68. The third kappa shape index (κ3) is 3.67. The normalized spacial score (nSPS) is 19.8. The maximum atomic E-state index is 13.3. The molecule has 0 spiro atoms. The van der Waals surface area contributed by atoms with Gasteiger partial charge in [-0.2, -0.15) is 0 Å². The first-order valence-corrected chi connectivity index (χ1v) is 10.4. The quantitative estimate of drug-likeness (QED) is 0.459. The molecule has 1 unspecified atom stereocenters. The molecular weight excluding hydrogens is 428 g/mol. The lowest BCUT2D eigenvalue weighted by Crippen LogP contribution is -2.41. The average molecular weight is 448 g/mol. The number of amides is 3. The van der Waals surface area contributed by atoms with Gasteiger partial charge in [0.2, 0.25) is 0 Å². The molecule has 3 amide bonds. The van der Waals surface area contributed by atoms with E-state index in [1.807, 2.05) is 0 Å². The number of ether oxygens (including phenoxy) is 2. The molecule has 3 aromatic rings. The lowest BCUT2D eigenvalue weighted by Gasteiger charge is -2.22. The van der Waals surface area contributed by atoms with Gasteiger partial charge >= 0.3 is 6.03 Å². The van der Waals surface area contributed by atoms with Gasteiger partial charge in [-0.25, -0.2) is 9.48 Å². The van der Waals surface area contributed by atoms with Crippen LogP contribution >= 0.6 is 0 Å². The molecule has 0 bridgehead atoms. The van der Waals surface area contributed by atoms with Gasteiger partial charge in [0, 0.05) is 12.0 Å². The first-order valence-electron chi connectivity index (χ1n) is 10.4. The molecule has 1 saturated heterocycles. The minimum absolute atomic E-state index is 0.328. The molecule has 0 radical (unpaired) electrons. The Kier molecular flexibility index (Phi) is 5.00. The van der Waals surface area contributed by atoms with Crippen molar-refractivity contribution in [3.63, 3.8) is 0 Å². The second kappa shape index (κ2) is 8.01. The van der Waals surface area contributed by atoms with E-state index < -0.39 is 24.0 Å². The first kappa shape index (κ1) is 20.6. The SMILES string of the molecule is CC1(c2cccc(-n3cnnn3)c2)NC(=O)N(CC(=O)c2ccc3c(c2)OCCCO3)C1=O. The number of nitrogens with one attached hydrogen (secondary N) is 1. The van der Waals surface area contributed by atoms with Crippen molar-refractivity contribution in [2.75, 3.05) is 19.8 Å². The number of hydrogen-bond acceptors (Lipinski definition) is 8. The second-order valence-electron chi connectivity index (χ2n) is 7.89. The summed E-state index contributed by atoms with van der Waals surface area (Å²) in [5, 5.41) is 13.8. The van der Waals surface area contributed by atoms with Gasteiger partial charge in [0.25, 0.3) is 5.91 Å². The average Bonchev–Trinajstić information content (AvgIpc) is 3.35. The van der Waals surface area contributed by atoms with Gasteiger partial charge < -0.3 is 14.8 Å². The van der Waals surface area contributed by atoms with Crippen molar-refractivity contribution in [2.24, 2.45) is 0 Å². The van der Waals surface area contributed by atoms with Crippen LogP contribution < -0.4 is 14.8 Å². The number of urea groups is 1. The van der Waals surface area contributed by atoms with Crippen LogP contribution in [0.3, 0.4) is 0 Å². The van der Waals surface area contributed by atoms with E-state index in [-0.39, 0.29) is 5.78 Å². The van der Waals surface area contributed by atoms with Crippen molar-refractivity contribution in [2.45, 2.75) is 18.9 Å². The highest BCUT2D eigenvalue weighted by atomic mass is 16.5. The Morgan fingerprint density at radius 2 is 1.94 bits per heavy atom. The molecule has 1 aromatic heterocycles. The van der Waals surface area contributed by atoms with Crippen LogP contribution in [0.4, 0.5) is 4.79 Å². The van der Waals surface area contributed by atoms with Crippen molar-refractivity contribution in [1.82, 2.24) is 30.4 Å². The molecule has 11 nitrogen and oxygen atoms in total. The summed E-state index contributed by atoms with van der Waals surface area (Å²) in [5.41, 5.74) is 0.155. The van der Waals surface area contributed by atoms with Crippen LogP contribution in [-0.2, 0) is 10.3 Å². The van der Waals surface area contributed by atoms with Crippen LogP contribution in [0.5, 0.6) is 11.5 Å². The summed E-state index contributed by atoms with van der Waals surface area (Å²) in [7, 11) is 0. The van der Waals surface area contributed by atoms with Gasteiger partial charge in [0.1, 0.15) is 11.9 Å². The summed E-state index contributed by atoms with van der Waals surface area (Å²) < 4.78 is 12.7. The zero-order chi connectivity index (χ0) is 23.0. The number of tetrazole rings is 1. The molecule has 3 heterocycles. The van der Waals surface area contributed by atoms with Gasteiger partial charge in [-0.1, -0.05) is 12.1 Å². The number of carbonyl (C=O) groups is 3. The van der Waals surface area contributed by atoms with Gasteiger partial charge in [0.05, 0.1) is 25.4 Å². The van der Waals surface area contributed by atoms with Gasteiger partial charge in [-0.05, 0) is 53.2 Å². The zero-order valence-electron chi connectivity index (χ0n) is 17.7. The fourth-order valence-corrected chi connectivity index (χ4v) is 3.85. The van der Waals surface area contributed by atoms with Crippen LogP contribution in [0, 0.1) is 0 Å². The predicted octanol–water partition coefficient (Wildman–Crippen LogP) is 1.47. The minimum Gasteiger partial charge on any atom is -0.490 e. The van der Waals surface area contributed by atoms with Crippen molar-refractivity contribution >= 4 is 17.7 Å². The summed E-state index contributed by atoms with van der Waals surface area (Å²) in [6.45, 7) is 2.23. The minimum atomic E-state index is -1.34. The van der Waals surface area contributed by atoms with Gasteiger partial charge in [0.15, 0.2) is 17.3 Å². The molecule has 2 aliphatic rings. The number of hydrogen-bond donors (Lipinski definition) is 1. The van der Waals surface area contributed by atoms with Crippen LogP contribution in [0.15, 0.2) is 48.8 Å². The van der Waals surface area contributed by atoms with E-state index in [0.717, 1.165) is 11.3 Å². The first-order chi connectivity index (χ1) is 16.0. The molecular formula is C22H20N6O5. The zero-order valence-corrected chi connectivity index (χ0v) is 17.7. The van der Waals surface area contributed by atoms with Crippen molar-refractivity contribution in [3.8, 4) is 17.2 Å². The molecule has 168 valence electrons. The summed E-state index contributed by atoms with van der Waals surface area (Å²) in [6.07, 6.45) is 2.17. The van der Waals surface area contributed by atoms with Crippen molar-refractivity contribution in [3.05, 3.63) is 59.9 Å². The molecule has 1 N–H and O–H groups in total. The van der Waals surface area contributed by atoms with Crippen LogP contribution in [-0.4, -0.2) is 62.6 Å². The Morgan fingerprint density at radius 1 is 1.12 bits per heavy atom. The summed E-state index contributed by atoms with van der Waals surface area (Å²) in [4.78, 5) is 39.8. The molecule has 0 aliphatic carbocycles. The largest absolute Gasteiger partial charge is 0.490 e. The number of benzene rings is 2. The van der Waals surface area contributed by atoms with Crippen LogP contribution in [0.2, 0.25) is 0 Å². The van der Waals surface area contributed by atoms with Crippen LogP contribution in [0.25, 0.3) is 5.69 Å². The molecule has 1 atom stereocenters. The number of nitrogens with zero attached hydrogens (tertiary/aromatic N) is 5. The summed E-state index contributed by atoms with van der Waals surface area (Å²) >= 11 is 0. The number of rotatable bonds is 5. The fraction of sp³-hybridized carbons (Fsp3) is 0.273. The number of carbonyl (C=O) groups excluding carboxylic acids is 3. The molecule has 5 rings (SSSR count). The summed E-state index contributed by atoms with van der Waals surface area (Å²) in [5.74, 6) is 0.124. The molecule has 2 aromatic carbocycles. The maximum Gasteiger partial charge on any atom is 0.325 e. The van der Waals surface area contributed by atoms with E-state index in [1.54, 1.807) is 49.4 Å². The Hall–Kier alpha value is -4.28. The second-order valence-corrected chi connectivity index (χ2v) is 7.89. The number of Topliss-reactive ketones (excluding diaryl/α,β-unsaturated/α-hetero) is 1. The number of ketones is 1. The monoisotopic (exact) mass is 448 g/mol. The molecule has 33 heavy (non-hydrogen) atoms. The highest BCUT2D eigenvalue weighted by Crippen LogP contribution is 2.32. The molecule has 11 heteroatoms. The number of fused-ring (bicyclic) bond motifs is 1. The van der Waals surface area contributed by atoms with E-state index in [0.29, 0.717) is 41.5 Å². The van der Waals surface area contributed by atoms with Crippen molar-refractivity contribution in [1.29, 1.82) is 0 Å². The highest BCUT2D eigenvalue weighted by Gasteiger charge is 2.49. The summed E-state index contributed by atoms with van der Waals surface area (Å²) in [6, 6.07) is 11.1.